The monoisotopic (exact) mass is 408 g/mol. The average Bonchev–Trinajstić information content (AvgIpc) is 3.22. The quantitative estimate of drug-likeness (QED) is 0.447. The van der Waals surface area contributed by atoms with E-state index in [1.54, 1.807) is 23.0 Å². The molecule has 7 nitrogen and oxygen atoms in total. The molecule has 2 aromatic heterocycles. The van der Waals surface area contributed by atoms with Crippen molar-refractivity contribution >= 4 is 11.0 Å². The average molecular weight is 408 g/mol. The van der Waals surface area contributed by atoms with Crippen LogP contribution >= 0.6 is 0 Å². The molecule has 4 aromatic rings. The van der Waals surface area contributed by atoms with Gasteiger partial charge >= 0.3 is 5.63 Å². The standard InChI is InChI=1S/C22H20FN3O4/c23-10-4-7-16-14-26(25-24-16)11-12-29-19-9-8-17-18(15-5-2-1-3-6-15)13-20(27)30-22(17)21(19)28/h1-3,5-6,8-9,13-14,28H,4,7,10-12H2/i23-1. The number of aryl methyl sites for hydroxylation is 1. The number of hydrogen-bond acceptors (Lipinski definition) is 6. The van der Waals surface area contributed by atoms with Gasteiger partial charge in [-0.3, -0.25) is 4.39 Å². The van der Waals surface area contributed by atoms with Crippen LogP contribution in [0, 0.1) is 0 Å². The summed E-state index contributed by atoms with van der Waals surface area (Å²) in [5.41, 5.74) is 1.76. The molecule has 0 unspecified atom stereocenters. The number of phenolic OH excluding ortho intramolecular Hbond substituents is 1. The van der Waals surface area contributed by atoms with Crippen LogP contribution in [0.5, 0.6) is 11.5 Å². The molecule has 0 atom stereocenters. The van der Waals surface area contributed by atoms with Gasteiger partial charge in [0.05, 0.1) is 18.9 Å². The molecule has 0 bridgehead atoms. The first-order chi connectivity index (χ1) is 14.7. The summed E-state index contributed by atoms with van der Waals surface area (Å²) in [6, 6.07) is 14.2. The number of aromatic nitrogens is 3. The normalized spacial score (nSPS) is 11.1. The third kappa shape index (κ3) is 4.17. The highest BCUT2D eigenvalue weighted by Gasteiger charge is 2.15. The van der Waals surface area contributed by atoms with E-state index < -0.39 is 5.63 Å². The van der Waals surface area contributed by atoms with E-state index in [1.165, 1.54) is 6.07 Å². The van der Waals surface area contributed by atoms with Crippen LogP contribution in [-0.2, 0) is 13.0 Å². The van der Waals surface area contributed by atoms with Crippen LogP contribution < -0.4 is 10.4 Å². The number of hydrogen-bond donors (Lipinski definition) is 1. The molecule has 30 heavy (non-hydrogen) atoms. The van der Waals surface area contributed by atoms with Crippen molar-refractivity contribution in [2.45, 2.75) is 19.4 Å². The van der Waals surface area contributed by atoms with Crippen LogP contribution in [0.1, 0.15) is 12.1 Å². The maximum Gasteiger partial charge on any atom is 0.336 e. The minimum Gasteiger partial charge on any atom is -0.502 e. The summed E-state index contributed by atoms with van der Waals surface area (Å²) in [4.78, 5) is 12.1. The number of nitrogens with zero attached hydrogens (tertiary/aromatic N) is 3. The zero-order valence-electron chi connectivity index (χ0n) is 16.1. The highest BCUT2D eigenvalue weighted by molar-refractivity contribution is 5.97. The van der Waals surface area contributed by atoms with Gasteiger partial charge in [-0.15, -0.1) is 5.10 Å². The number of rotatable bonds is 8. The second kappa shape index (κ2) is 8.77. The summed E-state index contributed by atoms with van der Waals surface area (Å²) in [5, 5.41) is 19.2. The molecule has 0 amide bonds. The molecular formula is C22H20FN3O4. The maximum atomic E-state index is 12.2. The van der Waals surface area contributed by atoms with E-state index in [4.69, 9.17) is 9.15 Å². The van der Waals surface area contributed by atoms with Gasteiger partial charge in [-0.05, 0) is 36.1 Å². The summed E-state index contributed by atoms with van der Waals surface area (Å²) >= 11 is 0. The summed E-state index contributed by atoms with van der Waals surface area (Å²) in [6.07, 6.45) is 2.69. The number of ether oxygens (including phenoxy) is 1. The van der Waals surface area contributed by atoms with Gasteiger partial charge in [-0.25, -0.2) is 9.48 Å². The molecule has 4 rings (SSSR count). The van der Waals surface area contributed by atoms with Gasteiger partial charge in [-0.1, -0.05) is 35.5 Å². The smallest absolute Gasteiger partial charge is 0.336 e. The van der Waals surface area contributed by atoms with Gasteiger partial charge in [-0.2, -0.15) is 0 Å². The Morgan fingerprint density at radius 2 is 2.00 bits per heavy atom. The third-order valence-electron chi connectivity index (χ3n) is 4.66. The Morgan fingerprint density at radius 1 is 1.17 bits per heavy atom. The molecule has 2 heterocycles. The molecule has 0 spiro atoms. The van der Waals surface area contributed by atoms with Crippen molar-refractivity contribution < 1.29 is 18.7 Å². The van der Waals surface area contributed by atoms with E-state index in [0.29, 0.717) is 30.3 Å². The molecule has 2 aromatic carbocycles. The lowest BCUT2D eigenvalue weighted by atomic mass is 10.0. The Kier molecular flexibility index (Phi) is 5.74. The fraction of sp³-hybridized carbons (Fsp3) is 0.227. The molecule has 154 valence electrons. The number of aromatic hydroxyl groups is 1. The van der Waals surface area contributed by atoms with Crippen molar-refractivity contribution in [3.05, 3.63) is 70.8 Å². The van der Waals surface area contributed by atoms with Crippen molar-refractivity contribution in [1.29, 1.82) is 0 Å². The molecule has 0 radical (unpaired) electrons. The minimum atomic E-state index is -0.558. The predicted octanol–water partition coefficient (Wildman–Crippen LogP) is 3.74. The lowest BCUT2D eigenvalue weighted by Crippen LogP contribution is -2.09. The Balaban J connectivity index is 1.54. The molecule has 8 heteroatoms. The minimum absolute atomic E-state index is 0.0770. The lowest BCUT2D eigenvalue weighted by Gasteiger charge is -2.11. The van der Waals surface area contributed by atoms with E-state index in [1.807, 2.05) is 30.3 Å². The first kappa shape index (κ1) is 19.6. The number of alkyl halides is 1. The van der Waals surface area contributed by atoms with Crippen molar-refractivity contribution in [3.8, 4) is 22.6 Å². The van der Waals surface area contributed by atoms with Gasteiger partial charge in [0.25, 0.3) is 0 Å². The summed E-state index contributed by atoms with van der Waals surface area (Å²) in [5.74, 6) is -0.0294. The van der Waals surface area contributed by atoms with Crippen molar-refractivity contribution in [1.82, 2.24) is 15.0 Å². The zero-order chi connectivity index (χ0) is 20.9. The summed E-state index contributed by atoms with van der Waals surface area (Å²) in [7, 11) is 0. The van der Waals surface area contributed by atoms with Gasteiger partial charge in [0.2, 0.25) is 5.75 Å². The third-order valence-corrected chi connectivity index (χ3v) is 4.66. The van der Waals surface area contributed by atoms with Crippen LogP contribution in [0.2, 0.25) is 0 Å². The molecule has 0 saturated carbocycles. The molecular weight excluding hydrogens is 388 g/mol. The number of halogens is 1. The molecule has 0 saturated heterocycles. The SMILES string of the molecule is O=c1cc(-c2ccccc2)c2ccc(OCCn3cc(CCC[18F])nn3)c(O)c2o1. The second-order valence-corrected chi connectivity index (χ2v) is 6.75. The van der Waals surface area contributed by atoms with Crippen molar-refractivity contribution in [2.24, 2.45) is 0 Å². The van der Waals surface area contributed by atoms with Gasteiger partial charge in [0, 0.05) is 17.6 Å². The maximum absolute atomic E-state index is 12.2. The van der Waals surface area contributed by atoms with Crippen LogP contribution in [0.4, 0.5) is 4.39 Å². The molecule has 0 fully saturated rings. The van der Waals surface area contributed by atoms with E-state index in [0.717, 1.165) is 11.3 Å². The number of benzene rings is 2. The Morgan fingerprint density at radius 3 is 2.80 bits per heavy atom. The Labute approximate surface area is 171 Å². The highest BCUT2D eigenvalue weighted by atomic mass is 18.2. The van der Waals surface area contributed by atoms with E-state index in [2.05, 4.69) is 10.3 Å². The predicted molar refractivity (Wildman–Crippen MR) is 109 cm³/mol. The Hall–Kier alpha value is -3.68. The van der Waals surface area contributed by atoms with E-state index in [-0.39, 0.29) is 30.4 Å². The fourth-order valence-electron chi connectivity index (χ4n) is 3.23. The summed E-state index contributed by atoms with van der Waals surface area (Å²) < 4.78 is 24.8. The fourth-order valence-corrected chi connectivity index (χ4v) is 3.23. The van der Waals surface area contributed by atoms with Crippen molar-refractivity contribution in [3.63, 3.8) is 0 Å². The highest BCUT2D eigenvalue weighted by Crippen LogP contribution is 2.37. The number of phenols is 1. The first-order valence-electron chi connectivity index (χ1n) is 9.59. The molecule has 1 N–H and O–H groups in total. The molecule has 0 aliphatic rings. The Bertz CT molecular complexity index is 1200. The van der Waals surface area contributed by atoms with E-state index in [9.17, 15) is 14.3 Å². The second-order valence-electron chi connectivity index (χ2n) is 6.75. The zero-order valence-corrected chi connectivity index (χ0v) is 16.1. The number of fused-ring (bicyclic) bond motifs is 1. The molecule has 0 aliphatic heterocycles. The van der Waals surface area contributed by atoms with Gasteiger partial charge in [0.1, 0.15) is 6.61 Å². The van der Waals surface area contributed by atoms with Gasteiger partial charge < -0.3 is 14.3 Å². The van der Waals surface area contributed by atoms with Crippen LogP contribution in [0.3, 0.4) is 0 Å². The van der Waals surface area contributed by atoms with Crippen LogP contribution in [0.25, 0.3) is 22.1 Å². The largest absolute Gasteiger partial charge is 0.502 e. The van der Waals surface area contributed by atoms with E-state index >= 15 is 0 Å². The van der Waals surface area contributed by atoms with Crippen molar-refractivity contribution in [2.75, 3.05) is 13.3 Å². The van der Waals surface area contributed by atoms with Crippen LogP contribution in [-0.4, -0.2) is 33.4 Å². The van der Waals surface area contributed by atoms with Gasteiger partial charge in [0.15, 0.2) is 11.3 Å². The first-order valence-corrected chi connectivity index (χ1v) is 9.59. The topological polar surface area (TPSA) is 90.4 Å². The lowest BCUT2D eigenvalue weighted by molar-refractivity contribution is 0.276. The van der Waals surface area contributed by atoms with Crippen LogP contribution in [0.15, 0.2) is 63.9 Å². The summed E-state index contributed by atoms with van der Waals surface area (Å²) in [6.45, 7) is 0.223. The molecule has 0 aliphatic carbocycles.